The number of hydrogen-bond donors (Lipinski definition) is 0. The lowest BCUT2D eigenvalue weighted by atomic mass is 10.1. The molecule has 3 aromatic rings. The summed E-state index contributed by atoms with van der Waals surface area (Å²) in [6, 6.07) is 11.6. The minimum Gasteiger partial charge on any atom is -0.493 e. The lowest BCUT2D eigenvalue weighted by Gasteiger charge is -2.16. The molecule has 28 heavy (non-hydrogen) atoms. The van der Waals surface area contributed by atoms with Crippen LogP contribution in [0.2, 0.25) is 0 Å². The van der Waals surface area contributed by atoms with Gasteiger partial charge in [0.05, 0.1) is 31.9 Å². The lowest BCUT2D eigenvalue weighted by Crippen LogP contribution is -2.27. The highest BCUT2D eigenvalue weighted by Crippen LogP contribution is 2.37. The Morgan fingerprint density at radius 2 is 1.79 bits per heavy atom. The first kappa shape index (κ1) is 18.8. The molecule has 1 aliphatic heterocycles. The summed E-state index contributed by atoms with van der Waals surface area (Å²) in [7, 11) is -0.0208. The third kappa shape index (κ3) is 3.33. The van der Waals surface area contributed by atoms with Crippen LogP contribution in [0.4, 0.5) is 5.69 Å². The Morgan fingerprint density at radius 3 is 2.50 bits per heavy atom. The minimum atomic E-state index is -3.24. The standard InChI is InChI=1S/C20H20N2O4S2/c1-25-18-7-5-15(11-19(18)26-2)20-21-16(12-27-20)13-4-6-17-14(10-13)8-9-22(17)28(3,23)24/h4-7,10-12H,8-9H2,1-3H3. The smallest absolute Gasteiger partial charge is 0.232 e. The SMILES string of the molecule is COc1ccc(-c2nc(-c3ccc4c(c3)CCN4S(C)(=O)=O)cs2)cc1OC. The van der Waals surface area contributed by atoms with Gasteiger partial charge in [-0.2, -0.15) is 0 Å². The molecule has 6 nitrogen and oxygen atoms in total. The molecular weight excluding hydrogens is 396 g/mol. The second-order valence-electron chi connectivity index (χ2n) is 6.54. The Kier molecular flexibility index (Phi) is 4.76. The van der Waals surface area contributed by atoms with E-state index >= 15 is 0 Å². The molecule has 0 unspecified atom stereocenters. The highest BCUT2D eigenvalue weighted by molar-refractivity contribution is 7.92. The average Bonchev–Trinajstić information content (AvgIpc) is 3.33. The van der Waals surface area contributed by atoms with Gasteiger partial charge in [0.15, 0.2) is 11.5 Å². The van der Waals surface area contributed by atoms with E-state index in [0.29, 0.717) is 24.5 Å². The van der Waals surface area contributed by atoms with E-state index in [1.54, 1.807) is 25.6 Å². The molecule has 2 aromatic carbocycles. The van der Waals surface area contributed by atoms with Crippen molar-refractivity contribution >= 4 is 27.0 Å². The number of anilines is 1. The summed E-state index contributed by atoms with van der Waals surface area (Å²) >= 11 is 1.55. The first-order chi connectivity index (χ1) is 13.4. The first-order valence-electron chi connectivity index (χ1n) is 8.69. The van der Waals surface area contributed by atoms with Crippen molar-refractivity contribution in [2.75, 3.05) is 31.3 Å². The van der Waals surface area contributed by atoms with E-state index in [9.17, 15) is 8.42 Å². The molecule has 0 saturated heterocycles. The Bertz CT molecular complexity index is 1140. The summed E-state index contributed by atoms with van der Waals surface area (Å²) < 4.78 is 35.9. The largest absolute Gasteiger partial charge is 0.493 e. The van der Waals surface area contributed by atoms with Crippen molar-refractivity contribution in [3.63, 3.8) is 0 Å². The minimum absolute atomic E-state index is 0.492. The Morgan fingerprint density at radius 1 is 1.04 bits per heavy atom. The van der Waals surface area contributed by atoms with Crippen molar-refractivity contribution in [3.8, 4) is 33.3 Å². The van der Waals surface area contributed by atoms with Crippen molar-refractivity contribution in [1.29, 1.82) is 0 Å². The average molecular weight is 417 g/mol. The first-order valence-corrected chi connectivity index (χ1v) is 11.4. The van der Waals surface area contributed by atoms with Gasteiger partial charge in [-0.25, -0.2) is 13.4 Å². The lowest BCUT2D eigenvalue weighted by molar-refractivity contribution is 0.355. The van der Waals surface area contributed by atoms with Gasteiger partial charge in [0, 0.05) is 23.1 Å². The van der Waals surface area contributed by atoms with E-state index in [2.05, 4.69) is 0 Å². The normalized spacial score (nSPS) is 13.5. The zero-order valence-corrected chi connectivity index (χ0v) is 17.4. The van der Waals surface area contributed by atoms with Crippen LogP contribution in [0.5, 0.6) is 11.5 Å². The molecular formula is C20H20N2O4S2. The number of ether oxygens (including phenoxy) is 2. The second kappa shape index (κ2) is 7.10. The Balaban J connectivity index is 1.66. The van der Waals surface area contributed by atoms with Crippen LogP contribution in [-0.2, 0) is 16.4 Å². The van der Waals surface area contributed by atoms with Gasteiger partial charge in [0.1, 0.15) is 5.01 Å². The fourth-order valence-corrected chi connectivity index (χ4v) is 5.17. The summed E-state index contributed by atoms with van der Waals surface area (Å²) in [5, 5.41) is 2.89. The van der Waals surface area contributed by atoms with Gasteiger partial charge in [-0.1, -0.05) is 6.07 Å². The molecule has 0 bridgehead atoms. The zero-order valence-electron chi connectivity index (χ0n) is 15.8. The third-order valence-electron chi connectivity index (χ3n) is 4.76. The van der Waals surface area contributed by atoms with Gasteiger partial charge in [-0.15, -0.1) is 11.3 Å². The molecule has 2 heterocycles. The van der Waals surface area contributed by atoms with Gasteiger partial charge in [-0.05, 0) is 42.3 Å². The molecule has 0 saturated carbocycles. The third-order valence-corrected chi connectivity index (χ3v) is 6.83. The number of benzene rings is 2. The molecule has 1 aromatic heterocycles. The molecule has 0 spiro atoms. The van der Waals surface area contributed by atoms with E-state index < -0.39 is 10.0 Å². The Labute approximate surface area is 168 Å². The zero-order chi connectivity index (χ0) is 19.9. The molecule has 0 amide bonds. The van der Waals surface area contributed by atoms with Gasteiger partial charge < -0.3 is 9.47 Å². The van der Waals surface area contributed by atoms with E-state index in [0.717, 1.165) is 33.1 Å². The van der Waals surface area contributed by atoms with E-state index in [4.69, 9.17) is 14.5 Å². The van der Waals surface area contributed by atoms with Crippen LogP contribution in [0.3, 0.4) is 0 Å². The van der Waals surface area contributed by atoms with Crippen LogP contribution in [-0.4, -0.2) is 40.4 Å². The molecule has 8 heteroatoms. The van der Waals surface area contributed by atoms with E-state index in [-0.39, 0.29) is 0 Å². The molecule has 0 radical (unpaired) electrons. The fourth-order valence-electron chi connectivity index (χ4n) is 3.38. The van der Waals surface area contributed by atoms with Crippen LogP contribution in [0, 0.1) is 0 Å². The predicted molar refractivity (Wildman–Crippen MR) is 112 cm³/mol. The van der Waals surface area contributed by atoms with Crippen LogP contribution in [0.25, 0.3) is 21.8 Å². The quantitative estimate of drug-likeness (QED) is 0.633. The summed E-state index contributed by atoms with van der Waals surface area (Å²) in [5.74, 6) is 1.34. The number of thiazole rings is 1. The topological polar surface area (TPSA) is 68.7 Å². The summed E-state index contributed by atoms with van der Waals surface area (Å²) in [6.45, 7) is 0.492. The maximum Gasteiger partial charge on any atom is 0.232 e. The molecule has 4 rings (SSSR count). The molecule has 146 valence electrons. The number of rotatable bonds is 5. The van der Waals surface area contributed by atoms with Crippen LogP contribution in [0.1, 0.15) is 5.56 Å². The number of fused-ring (bicyclic) bond motifs is 1. The summed E-state index contributed by atoms with van der Waals surface area (Å²) in [4.78, 5) is 4.77. The molecule has 0 atom stereocenters. The van der Waals surface area contributed by atoms with E-state index in [1.807, 2.05) is 41.8 Å². The maximum atomic E-state index is 11.9. The monoisotopic (exact) mass is 416 g/mol. The number of sulfonamides is 1. The van der Waals surface area contributed by atoms with Gasteiger partial charge in [-0.3, -0.25) is 4.31 Å². The highest BCUT2D eigenvalue weighted by Gasteiger charge is 2.26. The second-order valence-corrected chi connectivity index (χ2v) is 9.30. The molecule has 0 aliphatic carbocycles. The van der Waals surface area contributed by atoms with Gasteiger partial charge >= 0.3 is 0 Å². The number of aromatic nitrogens is 1. The van der Waals surface area contributed by atoms with Crippen molar-refractivity contribution in [2.45, 2.75) is 6.42 Å². The van der Waals surface area contributed by atoms with E-state index in [1.165, 1.54) is 10.6 Å². The number of methoxy groups -OCH3 is 2. The van der Waals surface area contributed by atoms with Crippen LogP contribution >= 0.6 is 11.3 Å². The van der Waals surface area contributed by atoms with Gasteiger partial charge in [0.2, 0.25) is 10.0 Å². The summed E-state index contributed by atoms with van der Waals surface area (Å²) in [5.41, 5.74) is 4.61. The predicted octanol–water partition coefficient (Wildman–Crippen LogP) is 3.82. The van der Waals surface area contributed by atoms with Gasteiger partial charge in [0.25, 0.3) is 0 Å². The highest BCUT2D eigenvalue weighted by atomic mass is 32.2. The summed E-state index contributed by atoms with van der Waals surface area (Å²) in [6.07, 6.45) is 1.95. The van der Waals surface area contributed by atoms with Crippen LogP contribution in [0.15, 0.2) is 41.8 Å². The molecule has 0 fully saturated rings. The number of nitrogens with zero attached hydrogens (tertiary/aromatic N) is 2. The Hall–Kier alpha value is -2.58. The number of hydrogen-bond acceptors (Lipinski definition) is 6. The fraction of sp³-hybridized carbons (Fsp3) is 0.250. The van der Waals surface area contributed by atoms with Crippen molar-refractivity contribution < 1.29 is 17.9 Å². The van der Waals surface area contributed by atoms with Crippen LogP contribution < -0.4 is 13.8 Å². The molecule has 0 N–H and O–H groups in total. The maximum absolute atomic E-state index is 11.9. The van der Waals surface area contributed by atoms with Crippen molar-refractivity contribution in [2.24, 2.45) is 0 Å². The van der Waals surface area contributed by atoms with Crippen molar-refractivity contribution in [1.82, 2.24) is 4.98 Å². The van der Waals surface area contributed by atoms with Crippen molar-refractivity contribution in [3.05, 3.63) is 47.3 Å². The molecule has 1 aliphatic rings.